The van der Waals surface area contributed by atoms with Gasteiger partial charge in [0.2, 0.25) is 5.91 Å². The minimum absolute atomic E-state index is 0.0615. The Bertz CT molecular complexity index is 1100. The SMILES string of the molecule is Cc1noc2nc(-c3ccc(F)cc3)cc(C(=O)N3CCC(C(=O)N(C)C)CC3)c12. The first-order valence-electron chi connectivity index (χ1n) is 9.88. The Balaban J connectivity index is 1.66. The number of nitrogens with zero attached hydrogens (tertiary/aromatic N) is 4. The van der Waals surface area contributed by atoms with Crippen LogP contribution in [0, 0.1) is 18.7 Å². The number of likely N-dealkylation sites (tertiary alicyclic amines) is 1. The molecular formula is C22H23FN4O3. The molecule has 1 saturated heterocycles. The summed E-state index contributed by atoms with van der Waals surface area (Å²) in [6, 6.07) is 7.62. The van der Waals surface area contributed by atoms with Gasteiger partial charge in [0.15, 0.2) is 0 Å². The molecule has 1 aromatic carbocycles. The number of hydrogen-bond acceptors (Lipinski definition) is 5. The summed E-state index contributed by atoms with van der Waals surface area (Å²) in [5, 5.41) is 4.55. The molecule has 0 unspecified atom stereocenters. The average molecular weight is 410 g/mol. The molecular weight excluding hydrogens is 387 g/mol. The van der Waals surface area contributed by atoms with Gasteiger partial charge in [0.25, 0.3) is 11.6 Å². The second-order valence-corrected chi connectivity index (χ2v) is 7.81. The Hall–Kier alpha value is -3.29. The maximum atomic E-state index is 13.4. The number of amides is 2. The zero-order valence-corrected chi connectivity index (χ0v) is 17.2. The third kappa shape index (κ3) is 3.65. The molecule has 2 amide bonds. The molecule has 1 aliphatic rings. The quantitative estimate of drug-likeness (QED) is 0.662. The standard InChI is InChI=1S/C22H23FN4O3/c1-13-19-17(22(29)27-10-8-15(9-11-27)21(28)26(2)3)12-18(24-20(19)30-25-13)14-4-6-16(23)7-5-14/h4-7,12,15H,8-11H2,1-3H3. The van der Waals surface area contributed by atoms with Crippen LogP contribution in [0.15, 0.2) is 34.9 Å². The Morgan fingerprint density at radius 1 is 1.17 bits per heavy atom. The Morgan fingerprint density at radius 3 is 2.47 bits per heavy atom. The van der Waals surface area contributed by atoms with E-state index in [1.54, 1.807) is 49.0 Å². The lowest BCUT2D eigenvalue weighted by molar-refractivity contribution is -0.134. The molecule has 0 saturated carbocycles. The summed E-state index contributed by atoms with van der Waals surface area (Å²) in [5.74, 6) is -0.454. The van der Waals surface area contributed by atoms with Crippen molar-refractivity contribution in [3.8, 4) is 11.3 Å². The zero-order chi connectivity index (χ0) is 21.4. The molecule has 3 heterocycles. The van der Waals surface area contributed by atoms with Crippen molar-refractivity contribution in [2.24, 2.45) is 5.92 Å². The summed E-state index contributed by atoms with van der Waals surface area (Å²) in [5.41, 5.74) is 2.51. The molecule has 4 rings (SSSR count). The lowest BCUT2D eigenvalue weighted by Crippen LogP contribution is -2.42. The lowest BCUT2D eigenvalue weighted by atomic mass is 9.94. The van der Waals surface area contributed by atoms with E-state index in [1.807, 2.05) is 0 Å². The Morgan fingerprint density at radius 2 is 1.83 bits per heavy atom. The second-order valence-electron chi connectivity index (χ2n) is 7.81. The molecule has 7 nitrogen and oxygen atoms in total. The minimum Gasteiger partial charge on any atom is -0.349 e. The second kappa shape index (κ2) is 7.85. The summed E-state index contributed by atoms with van der Waals surface area (Å²) in [6.07, 6.45) is 1.26. The van der Waals surface area contributed by atoms with Gasteiger partial charge in [0.05, 0.1) is 22.3 Å². The minimum atomic E-state index is -0.346. The van der Waals surface area contributed by atoms with Crippen molar-refractivity contribution in [1.29, 1.82) is 0 Å². The number of hydrogen-bond donors (Lipinski definition) is 0. The summed E-state index contributed by atoms with van der Waals surface area (Å²) >= 11 is 0. The van der Waals surface area contributed by atoms with Crippen LogP contribution < -0.4 is 0 Å². The highest BCUT2D eigenvalue weighted by Gasteiger charge is 2.30. The first-order valence-corrected chi connectivity index (χ1v) is 9.88. The number of fused-ring (bicyclic) bond motifs is 1. The third-order valence-corrected chi connectivity index (χ3v) is 5.56. The van der Waals surface area contributed by atoms with E-state index in [0.717, 1.165) is 0 Å². The molecule has 1 fully saturated rings. The largest absolute Gasteiger partial charge is 0.349 e. The van der Waals surface area contributed by atoms with Gasteiger partial charge in [-0.3, -0.25) is 9.59 Å². The van der Waals surface area contributed by atoms with Gasteiger partial charge in [-0.1, -0.05) is 5.16 Å². The molecule has 0 radical (unpaired) electrons. The summed E-state index contributed by atoms with van der Waals surface area (Å²) in [4.78, 5) is 33.4. The van der Waals surface area contributed by atoms with Gasteiger partial charge < -0.3 is 14.3 Å². The van der Waals surface area contributed by atoms with Gasteiger partial charge >= 0.3 is 0 Å². The van der Waals surface area contributed by atoms with Gasteiger partial charge in [-0.15, -0.1) is 0 Å². The molecule has 2 aromatic heterocycles. The highest BCUT2D eigenvalue weighted by molar-refractivity contribution is 6.07. The first kappa shape index (κ1) is 20.0. The van der Waals surface area contributed by atoms with Gasteiger partial charge in [-0.25, -0.2) is 9.37 Å². The zero-order valence-electron chi connectivity index (χ0n) is 17.2. The maximum Gasteiger partial charge on any atom is 0.259 e. The average Bonchev–Trinajstić information content (AvgIpc) is 3.13. The van der Waals surface area contributed by atoms with E-state index in [0.29, 0.717) is 53.8 Å². The van der Waals surface area contributed by atoms with Crippen molar-refractivity contribution in [3.05, 3.63) is 47.4 Å². The van der Waals surface area contributed by atoms with E-state index in [4.69, 9.17) is 4.52 Å². The van der Waals surface area contributed by atoms with Crippen LogP contribution in [0.5, 0.6) is 0 Å². The molecule has 0 atom stereocenters. The lowest BCUT2D eigenvalue weighted by Gasteiger charge is -2.32. The molecule has 3 aromatic rings. The van der Waals surface area contributed by atoms with Gasteiger partial charge in [0, 0.05) is 38.7 Å². The monoisotopic (exact) mass is 410 g/mol. The number of halogens is 1. The first-order chi connectivity index (χ1) is 14.3. The molecule has 156 valence electrons. The van der Waals surface area contributed by atoms with Crippen molar-refractivity contribution in [2.45, 2.75) is 19.8 Å². The fourth-order valence-corrected chi connectivity index (χ4v) is 3.90. The number of benzene rings is 1. The van der Waals surface area contributed by atoms with Crippen molar-refractivity contribution < 1.29 is 18.5 Å². The predicted octanol–water partition coefficient (Wildman–Crippen LogP) is 3.28. The predicted molar refractivity (Wildman–Crippen MR) is 109 cm³/mol. The topological polar surface area (TPSA) is 79.5 Å². The van der Waals surface area contributed by atoms with E-state index in [-0.39, 0.29) is 29.3 Å². The van der Waals surface area contributed by atoms with Crippen LogP contribution in [-0.2, 0) is 4.79 Å². The van der Waals surface area contributed by atoms with Crippen LogP contribution in [0.3, 0.4) is 0 Å². The van der Waals surface area contributed by atoms with Crippen LogP contribution >= 0.6 is 0 Å². The Labute approximate surface area is 173 Å². The molecule has 8 heteroatoms. The normalized spacial score (nSPS) is 14.9. The van der Waals surface area contributed by atoms with Gasteiger partial charge in [0.1, 0.15) is 5.82 Å². The number of rotatable bonds is 3. The van der Waals surface area contributed by atoms with E-state index in [2.05, 4.69) is 10.1 Å². The van der Waals surface area contributed by atoms with Crippen molar-refractivity contribution in [1.82, 2.24) is 19.9 Å². The summed E-state index contributed by atoms with van der Waals surface area (Å²) in [6.45, 7) is 2.77. The highest BCUT2D eigenvalue weighted by atomic mass is 19.1. The van der Waals surface area contributed by atoms with Crippen LogP contribution in [0.2, 0.25) is 0 Å². The summed E-state index contributed by atoms with van der Waals surface area (Å²) < 4.78 is 18.6. The van der Waals surface area contributed by atoms with Crippen molar-refractivity contribution >= 4 is 22.9 Å². The highest BCUT2D eigenvalue weighted by Crippen LogP contribution is 2.29. The van der Waals surface area contributed by atoms with Crippen LogP contribution in [0.1, 0.15) is 28.9 Å². The van der Waals surface area contributed by atoms with E-state index in [9.17, 15) is 14.0 Å². The molecule has 1 aliphatic heterocycles. The van der Waals surface area contributed by atoms with Gasteiger partial charge in [-0.05, 0) is 50.1 Å². The van der Waals surface area contributed by atoms with Crippen molar-refractivity contribution in [2.75, 3.05) is 27.2 Å². The van der Waals surface area contributed by atoms with E-state index < -0.39 is 0 Å². The maximum absolute atomic E-state index is 13.4. The number of piperidine rings is 1. The van der Waals surface area contributed by atoms with Crippen LogP contribution in [0.4, 0.5) is 4.39 Å². The fraction of sp³-hybridized carbons (Fsp3) is 0.364. The number of aromatic nitrogens is 2. The number of carbonyl (C=O) groups is 2. The van der Waals surface area contributed by atoms with Crippen molar-refractivity contribution in [3.63, 3.8) is 0 Å². The molecule has 0 bridgehead atoms. The van der Waals surface area contributed by atoms with Crippen LogP contribution in [0.25, 0.3) is 22.4 Å². The molecule has 0 aliphatic carbocycles. The fourth-order valence-electron chi connectivity index (χ4n) is 3.90. The molecule has 0 spiro atoms. The summed E-state index contributed by atoms with van der Waals surface area (Å²) in [7, 11) is 3.50. The molecule has 0 N–H and O–H groups in total. The number of carbonyl (C=O) groups excluding carboxylic acids is 2. The van der Waals surface area contributed by atoms with Crippen LogP contribution in [-0.4, -0.2) is 58.9 Å². The molecule has 30 heavy (non-hydrogen) atoms. The van der Waals surface area contributed by atoms with E-state index >= 15 is 0 Å². The number of pyridine rings is 1. The third-order valence-electron chi connectivity index (χ3n) is 5.56. The number of aryl methyl sites for hydroxylation is 1. The van der Waals surface area contributed by atoms with E-state index in [1.165, 1.54) is 12.1 Å². The van der Waals surface area contributed by atoms with Gasteiger partial charge in [-0.2, -0.15) is 0 Å². The Kier molecular flexibility index (Phi) is 5.24. The smallest absolute Gasteiger partial charge is 0.259 e.